The molecule has 0 aromatic rings. The molecule has 0 amide bonds. The molecule has 168 valence electrons. The van der Waals surface area contributed by atoms with Crippen LogP contribution in [0.15, 0.2) is 0 Å². The van der Waals surface area contributed by atoms with Crippen molar-refractivity contribution in [2.45, 2.75) is 136 Å². The second kappa shape index (κ2) is 23.2. The molecule has 0 spiro atoms. The van der Waals surface area contributed by atoms with Gasteiger partial charge < -0.3 is 0 Å². The van der Waals surface area contributed by atoms with Crippen LogP contribution in [0.3, 0.4) is 0 Å². The molecule has 0 radical (unpaired) electrons. The van der Waals surface area contributed by atoms with Crippen LogP contribution in [0.2, 0.25) is 0 Å². The Morgan fingerprint density at radius 2 is 0.630 bits per heavy atom. The van der Waals surface area contributed by atoms with Crippen molar-refractivity contribution in [2.24, 2.45) is 5.50 Å². The molecule has 0 atom stereocenters. The summed E-state index contributed by atoms with van der Waals surface area (Å²) >= 11 is 0. The fraction of sp³-hybridized carbons (Fsp3) is 1.00. The third-order valence-electron chi connectivity index (χ3n) is 6.08. The van der Waals surface area contributed by atoms with Gasteiger partial charge >= 0.3 is 168 Å². The van der Waals surface area contributed by atoms with Crippen LogP contribution < -0.4 is 5.50 Å². The van der Waals surface area contributed by atoms with Gasteiger partial charge in [0.15, 0.2) is 0 Å². The first-order chi connectivity index (χ1) is 12.7. The monoisotopic (exact) mass is 467 g/mol. The molecular formula is C24H55BrNP. The van der Waals surface area contributed by atoms with E-state index < -0.39 is 7.41 Å². The van der Waals surface area contributed by atoms with Gasteiger partial charge in [-0.2, -0.15) is 0 Å². The van der Waals surface area contributed by atoms with Crippen molar-refractivity contribution in [1.29, 1.82) is 0 Å². The summed E-state index contributed by atoms with van der Waals surface area (Å²) in [7, 11) is -1.45. The maximum atomic E-state index is 7.06. The summed E-state index contributed by atoms with van der Waals surface area (Å²) in [4.78, 5) is 0. The summed E-state index contributed by atoms with van der Waals surface area (Å²) < 4.78 is 0. The van der Waals surface area contributed by atoms with Crippen molar-refractivity contribution < 1.29 is 0 Å². The SMILES string of the molecule is Br.CCCCCCCC[PH](N)(CCCCCCCC)CCCCCCCC. The average Bonchev–Trinajstić information content (AvgIpc) is 2.64. The number of hydrogen-bond donors (Lipinski definition) is 1. The van der Waals surface area contributed by atoms with Crippen LogP contribution in [0.25, 0.3) is 0 Å². The molecule has 0 aliphatic rings. The Hall–Kier alpha value is 0.870. The van der Waals surface area contributed by atoms with Crippen LogP contribution in [-0.4, -0.2) is 18.5 Å². The number of rotatable bonds is 21. The summed E-state index contributed by atoms with van der Waals surface area (Å²) in [5, 5.41) is 0. The van der Waals surface area contributed by atoms with Crippen molar-refractivity contribution in [3.8, 4) is 0 Å². The van der Waals surface area contributed by atoms with E-state index in [9.17, 15) is 0 Å². The van der Waals surface area contributed by atoms with Gasteiger partial charge in [0.2, 0.25) is 0 Å². The first-order valence-electron chi connectivity index (χ1n) is 12.5. The van der Waals surface area contributed by atoms with E-state index in [1.807, 2.05) is 0 Å². The van der Waals surface area contributed by atoms with E-state index in [-0.39, 0.29) is 17.0 Å². The zero-order chi connectivity index (χ0) is 19.3. The molecular weight excluding hydrogens is 413 g/mol. The van der Waals surface area contributed by atoms with Gasteiger partial charge in [-0.15, -0.1) is 17.0 Å². The Balaban J connectivity index is 0. The summed E-state index contributed by atoms with van der Waals surface area (Å²) in [5.41, 5.74) is 7.06. The number of hydrogen-bond acceptors (Lipinski definition) is 1. The van der Waals surface area contributed by atoms with Gasteiger partial charge in [-0.05, 0) is 0 Å². The van der Waals surface area contributed by atoms with Crippen LogP contribution in [0, 0.1) is 0 Å². The Bertz CT molecular complexity index is 232. The van der Waals surface area contributed by atoms with Crippen molar-refractivity contribution >= 4 is 24.4 Å². The number of halogens is 1. The van der Waals surface area contributed by atoms with Crippen LogP contribution >= 0.6 is 24.4 Å². The van der Waals surface area contributed by atoms with E-state index >= 15 is 0 Å². The molecule has 0 aliphatic heterocycles. The van der Waals surface area contributed by atoms with Gasteiger partial charge in [-0.25, -0.2) is 0 Å². The molecule has 0 aromatic heterocycles. The molecule has 0 unspecified atom stereocenters. The summed E-state index contributed by atoms with van der Waals surface area (Å²) in [6.07, 6.45) is 29.7. The van der Waals surface area contributed by atoms with Gasteiger partial charge in [0.05, 0.1) is 0 Å². The third kappa shape index (κ3) is 21.4. The molecule has 27 heavy (non-hydrogen) atoms. The number of unbranched alkanes of at least 4 members (excludes halogenated alkanes) is 15. The van der Waals surface area contributed by atoms with Gasteiger partial charge in [0.1, 0.15) is 0 Å². The normalized spacial score (nSPS) is 12.1. The van der Waals surface area contributed by atoms with Crippen LogP contribution in [0.1, 0.15) is 136 Å². The molecule has 2 N–H and O–H groups in total. The van der Waals surface area contributed by atoms with Crippen molar-refractivity contribution in [3.63, 3.8) is 0 Å². The van der Waals surface area contributed by atoms with Gasteiger partial charge in [0.25, 0.3) is 0 Å². The maximum absolute atomic E-state index is 7.06. The Kier molecular flexibility index (Phi) is 25.8. The molecule has 0 saturated heterocycles. The Labute approximate surface area is 184 Å². The molecule has 1 nitrogen and oxygen atoms in total. The number of nitrogens with two attached hydrogens (primary N) is 1. The fourth-order valence-electron chi connectivity index (χ4n) is 4.15. The molecule has 0 fully saturated rings. The standard InChI is InChI=1S/C24H54NP.BrH/c1-4-7-10-13-16-19-22-26(25,23-20-17-14-11-8-5-2)24-21-18-15-12-9-6-3;/h26H,4-25H2,1-3H3;1H. The fourth-order valence-corrected chi connectivity index (χ4v) is 7.76. The molecule has 0 aliphatic carbocycles. The van der Waals surface area contributed by atoms with E-state index in [0.717, 1.165) is 0 Å². The summed E-state index contributed by atoms with van der Waals surface area (Å²) in [6, 6.07) is 0. The molecule has 3 heteroatoms. The zero-order valence-electron chi connectivity index (χ0n) is 19.3. The predicted molar refractivity (Wildman–Crippen MR) is 138 cm³/mol. The van der Waals surface area contributed by atoms with Crippen molar-refractivity contribution in [1.82, 2.24) is 0 Å². The molecule has 0 rings (SSSR count). The molecule has 0 bridgehead atoms. The van der Waals surface area contributed by atoms with E-state index in [2.05, 4.69) is 20.8 Å². The Morgan fingerprint density at radius 1 is 0.407 bits per heavy atom. The van der Waals surface area contributed by atoms with Gasteiger partial charge in [-0.1, -0.05) is 0 Å². The van der Waals surface area contributed by atoms with Gasteiger partial charge in [-0.3, -0.25) is 0 Å². The quantitative estimate of drug-likeness (QED) is 0.132. The minimum absolute atomic E-state index is 0. The summed E-state index contributed by atoms with van der Waals surface area (Å²) in [5.74, 6) is 0. The summed E-state index contributed by atoms with van der Waals surface area (Å²) in [6.45, 7) is 6.91. The third-order valence-corrected chi connectivity index (χ3v) is 10.1. The van der Waals surface area contributed by atoms with Crippen LogP contribution in [0.5, 0.6) is 0 Å². The van der Waals surface area contributed by atoms with E-state index in [4.69, 9.17) is 5.50 Å². The average molecular weight is 469 g/mol. The van der Waals surface area contributed by atoms with Crippen LogP contribution in [-0.2, 0) is 0 Å². The second-order valence-electron chi connectivity index (χ2n) is 8.92. The van der Waals surface area contributed by atoms with Crippen molar-refractivity contribution in [2.75, 3.05) is 18.5 Å². The molecule has 0 aromatic carbocycles. The molecule has 0 saturated carbocycles. The van der Waals surface area contributed by atoms with Crippen LogP contribution in [0.4, 0.5) is 0 Å². The molecule has 0 heterocycles. The van der Waals surface area contributed by atoms with Crippen molar-refractivity contribution in [3.05, 3.63) is 0 Å². The van der Waals surface area contributed by atoms with E-state index in [0.29, 0.717) is 0 Å². The second-order valence-corrected chi connectivity index (χ2v) is 13.1. The van der Waals surface area contributed by atoms with Gasteiger partial charge in [0, 0.05) is 0 Å². The first-order valence-corrected chi connectivity index (χ1v) is 15.2. The van der Waals surface area contributed by atoms with E-state index in [1.165, 1.54) is 134 Å². The predicted octanol–water partition coefficient (Wildman–Crippen LogP) is 9.27. The Morgan fingerprint density at radius 3 is 0.889 bits per heavy atom. The topological polar surface area (TPSA) is 26.0 Å². The van der Waals surface area contributed by atoms with E-state index in [1.54, 1.807) is 0 Å². The minimum atomic E-state index is -1.45. The zero-order valence-corrected chi connectivity index (χ0v) is 22.0. The first kappa shape index (κ1) is 30.1.